The van der Waals surface area contributed by atoms with Crippen molar-refractivity contribution in [2.75, 3.05) is 0 Å². The predicted molar refractivity (Wildman–Crippen MR) is 73.3 cm³/mol. The molecule has 0 spiro atoms. The fraction of sp³-hybridized carbons (Fsp3) is 0.692. The Labute approximate surface area is 107 Å². The molecule has 2 rings (SSSR count). The monoisotopic (exact) mass is 251 g/mol. The van der Waals surface area contributed by atoms with E-state index in [4.69, 9.17) is 10.7 Å². The topological polar surface area (TPSA) is 51.3 Å². The predicted octanol–water partition coefficient (Wildman–Crippen LogP) is 3.53. The van der Waals surface area contributed by atoms with Gasteiger partial charge in [-0.1, -0.05) is 26.2 Å². The van der Waals surface area contributed by atoms with Crippen molar-refractivity contribution < 1.29 is 0 Å². The van der Waals surface area contributed by atoms with Gasteiger partial charge in [-0.25, -0.2) is 4.98 Å². The number of hydrogen-bond donors (Lipinski definition) is 1. The van der Waals surface area contributed by atoms with Crippen LogP contribution in [0.3, 0.4) is 0 Å². The van der Waals surface area contributed by atoms with E-state index in [0.29, 0.717) is 5.92 Å². The molecule has 94 valence electrons. The quantitative estimate of drug-likeness (QED) is 0.657. The van der Waals surface area contributed by atoms with Crippen molar-refractivity contribution in [2.45, 2.75) is 51.5 Å². The standard InChI is InChI=1S/C13H21N3S/c1-2-11(13-15-8-9-17-13)16-12(14)10-6-4-3-5-7-10/h8-11H,2-7H2,1H3,(H2,14,16). The van der Waals surface area contributed by atoms with Gasteiger partial charge in [0.25, 0.3) is 0 Å². The van der Waals surface area contributed by atoms with Crippen molar-refractivity contribution in [1.82, 2.24) is 4.98 Å². The highest BCUT2D eigenvalue weighted by Gasteiger charge is 2.19. The molecule has 0 radical (unpaired) electrons. The Morgan fingerprint density at radius 1 is 1.53 bits per heavy atom. The molecule has 1 saturated carbocycles. The summed E-state index contributed by atoms with van der Waals surface area (Å²) in [6, 6.07) is 0.164. The maximum atomic E-state index is 6.16. The van der Waals surface area contributed by atoms with Crippen molar-refractivity contribution in [3.63, 3.8) is 0 Å². The van der Waals surface area contributed by atoms with Gasteiger partial charge in [-0.3, -0.25) is 4.99 Å². The summed E-state index contributed by atoms with van der Waals surface area (Å²) in [6.07, 6.45) is 9.19. The van der Waals surface area contributed by atoms with E-state index < -0.39 is 0 Å². The number of hydrogen-bond acceptors (Lipinski definition) is 3. The number of nitrogens with two attached hydrogens (primary N) is 1. The first-order valence-corrected chi connectivity index (χ1v) is 7.41. The smallest absolute Gasteiger partial charge is 0.117 e. The van der Waals surface area contributed by atoms with Crippen LogP contribution < -0.4 is 5.73 Å². The summed E-state index contributed by atoms with van der Waals surface area (Å²) in [7, 11) is 0. The molecule has 0 aromatic carbocycles. The highest BCUT2D eigenvalue weighted by molar-refractivity contribution is 7.09. The van der Waals surface area contributed by atoms with Crippen LogP contribution in [0.2, 0.25) is 0 Å². The molecule has 0 amide bonds. The average molecular weight is 251 g/mol. The lowest BCUT2D eigenvalue weighted by Gasteiger charge is -2.22. The molecule has 3 nitrogen and oxygen atoms in total. The molecule has 1 aliphatic rings. The van der Waals surface area contributed by atoms with Gasteiger partial charge in [0.15, 0.2) is 0 Å². The Hall–Kier alpha value is -0.900. The number of amidine groups is 1. The van der Waals surface area contributed by atoms with Crippen molar-refractivity contribution in [3.05, 3.63) is 16.6 Å². The Bertz CT molecular complexity index is 353. The van der Waals surface area contributed by atoms with Crippen LogP contribution in [-0.2, 0) is 0 Å². The van der Waals surface area contributed by atoms with E-state index >= 15 is 0 Å². The first-order chi connectivity index (χ1) is 8.31. The third-order valence-electron chi connectivity index (χ3n) is 3.45. The second-order valence-electron chi connectivity index (χ2n) is 4.68. The van der Waals surface area contributed by atoms with Gasteiger partial charge in [0.05, 0.1) is 5.84 Å². The summed E-state index contributed by atoms with van der Waals surface area (Å²) in [5.41, 5.74) is 6.16. The number of nitrogens with zero attached hydrogens (tertiary/aromatic N) is 2. The van der Waals surface area contributed by atoms with Crippen LogP contribution >= 0.6 is 11.3 Å². The summed E-state index contributed by atoms with van der Waals surface area (Å²) < 4.78 is 0. The summed E-state index contributed by atoms with van der Waals surface area (Å²) in [6.45, 7) is 2.14. The Morgan fingerprint density at radius 2 is 2.29 bits per heavy atom. The minimum absolute atomic E-state index is 0.164. The Morgan fingerprint density at radius 3 is 2.88 bits per heavy atom. The van der Waals surface area contributed by atoms with E-state index in [1.54, 1.807) is 11.3 Å². The third kappa shape index (κ3) is 3.28. The molecule has 1 aliphatic carbocycles. The zero-order valence-electron chi connectivity index (χ0n) is 10.4. The van der Waals surface area contributed by atoms with Gasteiger partial charge in [-0.15, -0.1) is 11.3 Å². The van der Waals surface area contributed by atoms with Crippen LogP contribution in [0.1, 0.15) is 56.5 Å². The largest absolute Gasteiger partial charge is 0.387 e. The maximum Gasteiger partial charge on any atom is 0.117 e. The summed E-state index contributed by atoms with van der Waals surface area (Å²) in [4.78, 5) is 9.04. The molecule has 1 heterocycles. The van der Waals surface area contributed by atoms with E-state index in [2.05, 4.69) is 11.9 Å². The number of aliphatic imine (C=N–C) groups is 1. The molecule has 2 N–H and O–H groups in total. The highest BCUT2D eigenvalue weighted by atomic mass is 32.1. The average Bonchev–Trinajstić information content (AvgIpc) is 2.90. The number of thiazole rings is 1. The molecule has 0 aliphatic heterocycles. The minimum atomic E-state index is 0.164. The SMILES string of the molecule is CCC(N=C(N)C1CCCCC1)c1nccs1. The van der Waals surface area contributed by atoms with Gasteiger partial charge < -0.3 is 5.73 Å². The van der Waals surface area contributed by atoms with Gasteiger partial charge in [0, 0.05) is 17.5 Å². The van der Waals surface area contributed by atoms with E-state index in [-0.39, 0.29) is 6.04 Å². The molecule has 0 bridgehead atoms. The first kappa shape index (κ1) is 12.6. The van der Waals surface area contributed by atoms with Crippen LogP contribution in [0.5, 0.6) is 0 Å². The van der Waals surface area contributed by atoms with Gasteiger partial charge in [-0.05, 0) is 19.3 Å². The van der Waals surface area contributed by atoms with E-state index in [9.17, 15) is 0 Å². The third-order valence-corrected chi connectivity index (χ3v) is 4.33. The lowest BCUT2D eigenvalue weighted by molar-refractivity contribution is 0.435. The van der Waals surface area contributed by atoms with Crippen LogP contribution in [0.15, 0.2) is 16.6 Å². The van der Waals surface area contributed by atoms with Crippen LogP contribution in [-0.4, -0.2) is 10.8 Å². The molecule has 1 unspecified atom stereocenters. The van der Waals surface area contributed by atoms with Crippen molar-refractivity contribution in [2.24, 2.45) is 16.6 Å². The van der Waals surface area contributed by atoms with E-state index in [0.717, 1.165) is 17.3 Å². The Balaban J connectivity index is 2.05. The molecule has 4 heteroatoms. The molecular formula is C13H21N3S. The first-order valence-electron chi connectivity index (χ1n) is 6.53. The van der Waals surface area contributed by atoms with Gasteiger partial charge in [-0.2, -0.15) is 0 Å². The highest BCUT2D eigenvalue weighted by Crippen LogP contribution is 2.27. The Kier molecular flexibility index (Phi) is 4.54. The molecule has 1 aromatic heterocycles. The van der Waals surface area contributed by atoms with Gasteiger partial charge in [0.2, 0.25) is 0 Å². The number of aromatic nitrogens is 1. The van der Waals surface area contributed by atoms with Crippen molar-refractivity contribution in [1.29, 1.82) is 0 Å². The normalized spacial score (nSPS) is 20.4. The zero-order valence-corrected chi connectivity index (χ0v) is 11.2. The van der Waals surface area contributed by atoms with Gasteiger partial charge in [0.1, 0.15) is 11.0 Å². The summed E-state index contributed by atoms with van der Waals surface area (Å²) in [5.74, 6) is 1.37. The lowest BCUT2D eigenvalue weighted by atomic mass is 9.88. The molecule has 1 fully saturated rings. The lowest BCUT2D eigenvalue weighted by Crippen LogP contribution is -2.26. The molecule has 1 aromatic rings. The van der Waals surface area contributed by atoms with Crippen LogP contribution in [0.25, 0.3) is 0 Å². The van der Waals surface area contributed by atoms with Crippen LogP contribution in [0, 0.1) is 5.92 Å². The fourth-order valence-electron chi connectivity index (χ4n) is 2.40. The summed E-state index contributed by atoms with van der Waals surface area (Å²) in [5, 5.41) is 3.09. The fourth-order valence-corrected chi connectivity index (χ4v) is 3.16. The number of rotatable bonds is 4. The molecular weight excluding hydrogens is 230 g/mol. The van der Waals surface area contributed by atoms with E-state index in [1.807, 2.05) is 11.6 Å². The maximum absolute atomic E-state index is 6.16. The minimum Gasteiger partial charge on any atom is -0.387 e. The molecule has 0 saturated heterocycles. The van der Waals surface area contributed by atoms with Gasteiger partial charge >= 0.3 is 0 Å². The van der Waals surface area contributed by atoms with Crippen molar-refractivity contribution >= 4 is 17.2 Å². The van der Waals surface area contributed by atoms with E-state index in [1.165, 1.54) is 32.1 Å². The van der Waals surface area contributed by atoms with Crippen molar-refractivity contribution in [3.8, 4) is 0 Å². The molecule has 1 atom stereocenters. The second-order valence-corrected chi connectivity index (χ2v) is 5.61. The second kappa shape index (κ2) is 6.15. The molecule has 17 heavy (non-hydrogen) atoms. The zero-order chi connectivity index (χ0) is 12.1. The van der Waals surface area contributed by atoms with Crippen LogP contribution in [0.4, 0.5) is 0 Å². The summed E-state index contributed by atoms with van der Waals surface area (Å²) >= 11 is 1.67.